The van der Waals surface area contributed by atoms with Crippen LogP contribution in [0.5, 0.6) is 0 Å². The highest BCUT2D eigenvalue weighted by molar-refractivity contribution is 5.93. The second-order valence-electron chi connectivity index (χ2n) is 4.45. The van der Waals surface area contributed by atoms with E-state index in [4.69, 9.17) is 5.11 Å². The Labute approximate surface area is 109 Å². The molecule has 0 saturated heterocycles. The first-order valence-corrected chi connectivity index (χ1v) is 5.95. The summed E-state index contributed by atoms with van der Waals surface area (Å²) in [7, 11) is 1.84. The number of aromatic nitrogens is 3. The molecular formula is C14H13N3O2. The number of rotatable bonds is 3. The number of fused-ring (bicyclic) bond motifs is 1. The van der Waals surface area contributed by atoms with E-state index in [1.54, 1.807) is 6.20 Å². The van der Waals surface area contributed by atoms with Crippen molar-refractivity contribution in [1.29, 1.82) is 0 Å². The average molecular weight is 255 g/mol. The predicted molar refractivity (Wildman–Crippen MR) is 71.8 cm³/mol. The van der Waals surface area contributed by atoms with Crippen LogP contribution in [0.1, 0.15) is 5.69 Å². The minimum Gasteiger partial charge on any atom is -0.481 e. The van der Waals surface area contributed by atoms with E-state index >= 15 is 0 Å². The van der Waals surface area contributed by atoms with Gasteiger partial charge in [0.05, 0.1) is 6.42 Å². The lowest BCUT2D eigenvalue weighted by Crippen LogP contribution is -2.05. The molecule has 0 spiro atoms. The lowest BCUT2D eigenvalue weighted by atomic mass is 10.1. The molecule has 3 rings (SSSR count). The first kappa shape index (κ1) is 11.5. The maximum atomic E-state index is 10.8. The zero-order valence-electron chi connectivity index (χ0n) is 10.4. The van der Waals surface area contributed by atoms with Crippen LogP contribution in [-0.4, -0.2) is 25.6 Å². The van der Waals surface area contributed by atoms with Crippen molar-refractivity contribution in [3.8, 4) is 11.4 Å². The van der Waals surface area contributed by atoms with Crippen LogP contribution in [-0.2, 0) is 18.3 Å². The number of aromatic amines is 1. The van der Waals surface area contributed by atoms with Crippen LogP contribution in [0.15, 0.2) is 36.7 Å². The van der Waals surface area contributed by atoms with Gasteiger partial charge in [-0.15, -0.1) is 0 Å². The topological polar surface area (TPSA) is 70.9 Å². The number of hydrogen-bond acceptors (Lipinski definition) is 2. The second kappa shape index (κ2) is 4.28. The normalized spacial score (nSPS) is 11.0. The third kappa shape index (κ3) is 1.89. The molecule has 5 heteroatoms. The molecule has 0 aliphatic heterocycles. The Kier molecular flexibility index (Phi) is 2.59. The van der Waals surface area contributed by atoms with Crippen molar-refractivity contribution in [2.75, 3.05) is 0 Å². The summed E-state index contributed by atoms with van der Waals surface area (Å²) in [6.45, 7) is 0. The molecule has 96 valence electrons. The van der Waals surface area contributed by atoms with E-state index in [9.17, 15) is 4.79 Å². The van der Waals surface area contributed by atoms with Crippen molar-refractivity contribution in [3.63, 3.8) is 0 Å². The first-order valence-electron chi connectivity index (χ1n) is 5.95. The van der Waals surface area contributed by atoms with Gasteiger partial charge in [0, 0.05) is 41.6 Å². The van der Waals surface area contributed by atoms with Crippen molar-refractivity contribution in [3.05, 3.63) is 42.4 Å². The summed E-state index contributed by atoms with van der Waals surface area (Å²) in [5.41, 5.74) is 2.71. The largest absolute Gasteiger partial charge is 0.481 e. The fourth-order valence-electron chi connectivity index (χ4n) is 2.27. The Hall–Kier alpha value is -2.56. The Morgan fingerprint density at radius 3 is 3.00 bits per heavy atom. The van der Waals surface area contributed by atoms with Gasteiger partial charge in [-0.25, -0.2) is 4.98 Å². The SMILES string of the molecule is Cn1c(CC(=O)O)cnc1-c1c[nH]c2ccccc12. The number of nitrogens with one attached hydrogen (secondary N) is 1. The highest BCUT2D eigenvalue weighted by Crippen LogP contribution is 2.27. The van der Waals surface area contributed by atoms with E-state index in [0.29, 0.717) is 5.69 Å². The number of carboxylic acids is 1. The first-order chi connectivity index (χ1) is 9.16. The molecule has 0 aliphatic rings. The lowest BCUT2D eigenvalue weighted by molar-refractivity contribution is -0.136. The van der Waals surface area contributed by atoms with Gasteiger partial charge in [-0.2, -0.15) is 0 Å². The van der Waals surface area contributed by atoms with E-state index in [-0.39, 0.29) is 6.42 Å². The number of nitrogens with zero attached hydrogens (tertiary/aromatic N) is 2. The molecule has 2 aromatic heterocycles. The van der Waals surface area contributed by atoms with Gasteiger partial charge in [-0.3, -0.25) is 4.79 Å². The smallest absolute Gasteiger partial charge is 0.309 e. The Balaban J connectivity index is 2.12. The Bertz CT molecular complexity index is 755. The summed E-state index contributed by atoms with van der Waals surface area (Å²) in [6, 6.07) is 7.96. The Morgan fingerprint density at radius 1 is 1.42 bits per heavy atom. The van der Waals surface area contributed by atoms with E-state index in [0.717, 1.165) is 22.3 Å². The van der Waals surface area contributed by atoms with E-state index < -0.39 is 5.97 Å². The molecule has 0 unspecified atom stereocenters. The van der Waals surface area contributed by atoms with Gasteiger partial charge < -0.3 is 14.7 Å². The van der Waals surface area contributed by atoms with Crippen LogP contribution < -0.4 is 0 Å². The third-order valence-electron chi connectivity index (χ3n) is 3.25. The number of imidazole rings is 1. The molecule has 2 heterocycles. The predicted octanol–water partition coefficient (Wildman–Crippen LogP) is 2.20. The highest BCUT2D eigenvalue weighted by atomic mass is 16.4. The molecule has 0 bridgehead atoms. The lowest BCUT2D eigenvalue weighted by Gasteiger charge is -2.03. The standard InChI is InChI=1S/C14H13N3O2/c1-17-9(6-13(18)19)7-16-14(17)11-8-15-12-5-3-2-4-10(11)12/h2-5,7-8,15H,6H2,1H3,(H,18,19). The van der Waals surface area contributed by atoms with E-state index in [1.807, 2.05) is 42.1 Å². The molecule has 0 aliphatic carbocycles. The fourth-order valence-corrected chi connectivity index (χ4v) is 2.27. The van der Waals surface area contributed by atoms with Crippen LogP contribution in [0.25, 0.3) is 22.3 Å². The molecule has 0 amide bonds. The minimum atomic E-state index is -0.853. The molecule has 0 atom stereocenters. The number of carboxylic acid groups (broad SMARTS) is 1. The van der Waals surface area contributed by atoms with Gasteiger partial charge >= 0.3 is 5.97 Å². The zero-order valence-corrected chi connectivity index (χ0v) is 10.4. The van der Waals surface area contributed by atoms with Gasteiger partial charge in [0.1, 0.15) is 5.82 Å². The molecule has 19 heavy (non-hydrogen) atoms. The second-order valence-corrected chi connectivity index (χ2v) is 4.45. The monoisotopic (exact) mass is 255 g/mol. The highest BCUT2D eigenvalue weighted by Gasteiger charge is 2.14. The van der Waals surface area contributed by atoms with Crippen LogP contribution in [0, 0.1) is 0 Å². The number of carbonyl (C=O) groups is 1. The number of para-hydroxylation sites is 1. The Morgan fingerprint density at radius 2 is 2.21 bits per heavy atom. The van der Waals surface area contributed by atoms with Crippen molar-refractivity contribution in [1.82, 2.24) is 14.5 Å². The molecular weight excluding hydrogens is 242 g/mol. The van der Waals surface area contributed by atoms with Gasteiger partial charge in [-0.05, 0) is 6.07 Å². The maximum absolute atomic E-state index is 10.8. The van der Waals surface area contributed by atoms with E-state index in [1.165, 1.54) is 0 Å². The number of benzene rings is 1. The van der Waals surface area contributed by atoms with Crippen molar-refractivity contribution < 1.29 is 9.90 Å². The summed E-state index contributed by atoms with van der Waals surface area (Å²) in [5, 5.41) is 9.94. The quantitative estimate of drug-likeness (QED) is 0.753. The van der Waals surface area contributed by atoms with Crippen molar-refractivity contribution >= 4 is 16.9 Å². The minimum absolute atomic E-state index is 0.0220. The molecule has 2 N–H and O–H groups in total. The summed E-state index contributed by atoms with van der Waals surface area (Å²) in [4.78, 5) is 18.3. The van der Waals surface area contributed by atoms with Crippen molar-refractivity contribution in [2.45, 2.75) is 6.42 Å². The fraction of sp³-hybridized carbons (Fsp3) is 0.143. The molecule has 5 nitrogen and oxygen atoms in total. The molecule has 0 saturated carbocycles. The maximum Gasteiger partial charge on any atom is 0.309 e. The van der Waals surface area contributed by atoms with Crippen LogP contribution in [0.2, 0.25) is 0 Å². The number of hydrogen-bond donors (Lipinski definition) is 2. The molecule has 3 aromatic rings. The van der Waals surface area contributed by atoms with Gasteiger partial charge in [-0.1, -0.05) is 18.2 Å². The summed E-state index contributed by atoms with van der Waals surface area (Å²) >= 11 is 0. The number of H-pyrrole nitrogens is 1. The van der Waals surface area contributed by atoms with Crippen LogP contribution in [0.4, 0.5) is 0 Å². The van der Waals surface area contributed by atoms with Crippen LogP contribution >= 0.6 is 0 Å². The average Bonchev–Trinajstić information content (AvgIpc) is 2.94. The zero-order chi connectivity index (χ0) is 13.4. The summed E-state index contributed by atoms with van der Waals surface area (Å²) in [6.07, 6.45) is 3.49. The van der Waals surface area contributed by atoms with Gasteiger partial charge in [0.15, 0.2) is 0 Å². The molecule has 0 radical (unpaired) electrons. The van der Waals surface area contributed by atoms with Gasteiger partial charge in [0.2, 0.25) is 0 Å². The molecule has 0 fully saturated rings. The van der Waals surface area contributed by atoms with Gasteiger partial charge in [0.25, 0.3) is 0 Å². The third-order valence-corrected chi connectivity index (χ3v) is 3.25. The van der Waals surface area contributed by atoms with Crippen LogP contribution in [0.3, 0.4) is 0 Å². The molecule has 1 aromatic carbocycles. The summed E-state index contributed by atoms with van der Waals surface area (Å²) in [5.74, 6) is -0.0813. The van der Waals surface area contributed by atoms with Crippen molar-refractivity contribution in [2.24, 2.45) is 7.05 Å². The van der Waals surface area contributed by atoms with E-state index in [2.05, 4.69) is 9.97 Å². The summed E-state index contributed by atoms with van der Waals surface area (Å²) < 4.78 is 1.82. The number of aliphatic carboxylic acids is 1.